The third-order valence-corrected chi connectivity index (χ3v) is 5.79. The molecule has 3 aromatic rings. The van der Waals surface area contributed by atoms with Gasteiger partial charge in [0.2, 0.25) is 5.91 Å². The number of halogens is 2. The molecule has 0 bridgehead atoms. The monoisotopic (exact) mass is 454 g/mol. The Morgan fingerprint density at radius 2 is 1.82 bits per heavy atom. The van der Waals surface area contributed by atoms with Gasteiger partial charge in [-0.15, -0.1) is 8.78 Å². The molecule has 7 nitrogen and oxygen atoms in total. The Balaban J connectivity index is 0.00000259. The summed E-state index contributed by atoms with van der Waals surface area (Å²) in [6.45, 7) is 1.89. The molecule has 2 aromatic carbocycles. The molecule has 9 heteroatoms. The number of aldehydes is 1. The SMILES string of the molecule is Cc1cc(C=O)ccc1-c1cccc(NC(=O)C2(c3ccc4c(c3)OC(F)(F)O4)CC2)n1.O. The van der Waals surface area contributed by atoms with Crippen molar-refractivity contribution >= 4 is 18.0 Å². The van der Waals surface area contributed by atoms with Crippen molar-refractivity contribution in [3.8, 4) is 22.8 Å². The van der Waals surface area contributed by atoms with Crippen LogP contribution in [0.5, 0.6) is 11.5 Å². The number of nitrogens with zero attached hydrogens (tertiary/aromatic N) is 1. The van der Waals surface area contributed by atoms with E-state index in [4.69, 9.17) is 0 Å². The smallest absolute Gasteiger partial charge is 0.412 e. The first-order chi connectivity index (χ1) is 15.3. The number of aromatic nitrogens is 1. The number of carbonyl (C=O) groups excluding carboxylic acids is 2. The number of pyridine rings is 1. The maximum absolute atomic E-state index is 13.3. The Bertz CT molecular complexity index is 1260. The van der Waals surface area contributed by atoms with Crippen LogP contribution in [-0.2, 0) is 10.2 Å². The van der Waals surface area contributed by atoms with E-state index >= 15 is 0 Å². The van der Waals surface area contributed by atoms with Crippen molar-refractivity contribution in [1.82, 2.24) is 4.98 Å². The number of ether oxygens (including phenoxy) is 2. The van der Waals surface area contributed by atoms with Crippen LogP contribution in [0.2, 0.25) is 0 Å². The normalized spacial score (nSPS) is 16.5. The van der Waals surface area contributed by atoms with E-state index in [9.17, 15) is 18.4 Å². The Kier molecular flexibility index (Phi) is 5.37. The third-order valence-electron chi connectivity index (χ3n) is 5.79. The van der Waals surface area contributed by atoms with Crippen LogP contribution >= 0.6 is 0 Å². The maximum atomic E-state index is 13.3. The molecule has 1 saturated carbocycles. The highest BCUT2D eigenvalue weighted by Crippen LogP contribution is 2.52. The molecule has 1 aromatic heterocycles. The first-order valence-electron chi connectivity index (χ1n) is 10.0. The molecule has 0 atom stereocenters. The molecule has 1 aliphatic heterocycles. The predicted octanol–water partition coefficient (Wildman–Crippen LogP) is 4.04. The summed E-state index contributed by atoms with van der Waals surface area (Å²) < 4.78 is 35.6. The van der Waals surface area contributed by atoms with Crippen molar-refractivity contribution in [2.45, 2.75) is 31.5 Å². The maximum Gasteiger partial charge on any atom is 0.586 e. The molecule has 2 aliphatic rings. The number of hydrogen-bond acceptors (Lipinski definition) is 5. The quantitative estimate of drug-likeness (QED) is 0.586. The summed E-state index contributed by atoms with van der Waals surface area (Å²) in [5, 5.41) is 2.85. The van der Waals surface area contributed by atoms with Gasteiger partial charge >= 0.3 is 6.29 Å². The molecule has 170 valence electrons. The molecule has 1 amide bonds. The summed E-state index contributed by atoms with van der Waals surface area (Å²) in [5.41, 5.74) is 2.74. The summed E-state index contributed by atoms with van der Waals surface area (Å²) in [4.78, 5) is 28.6. The summed E-state index contributed by atoms with van der Waals surface area (Å²) in [6, 6.07) is 15.0. The number of nitrogens with one attached hydrogen (secondary N) is 1. The van der Waals surface area contributed by atoms with Crippen molar-refractivity contribution in [2.75, 3.05) is 5.32 Å². The number of aryl methyl sites for hydroxylation is 1. The van der Waals surface area contributed by atoms with Gasteiger partial charge in [0, 0.05) is 11.1 Å². The minimum Gasteiger partial charge on any atom is -0.412 e. The van der Waals surface area contributed by atoms with Gasteiger partial charge in [0.15, 0.2) is 11.5 Å². The molecule has 1 fully saturated rings. The first kappa shape index (κ1) is 22.3. The average molecular weight is 454 g/mol. The number of benzene rings is 2. The van der Waals surface area contributed by atoms with Crippen LogP contribution in [0.3, 0.4) is 0 Å². The second-order valence-corrected chi connectivity index (χ2v) is 7.97. The molecular weight excluding hydrogens is 434 g/mol. The number of alkyl halides is 2. The number of fused-ring (bicyclic) bond motifs is 1. The molecule has 0 radical (unpaired) electrons. The predicted molar refractivity (Wildman–Crippen MR) is 116 cm³/mol. The third kappa shape index (κ3) is 4.03. The largest absolute Gasteiger partial charge is 0.586 e. The van der Waals surface area contributed by atoms with Crippen LogP contribution in [0.15, 0.2) is 54.6 Å². The van der Waals surface area contributed by atoms with Crippen LogP contribution < -0.4 is 14.8 Å². The Hall–Kier alpha value is -3.85. The molecule has 3 N–H and O–H groups in total. The van der Waals surface area contributed by atoms with Gasteiger partial charge in [0.1, 0.15) is 12.1 Å². The van der Waals surface area contributed by atoms with E-state index in [1.165, 1.54) is 12.1 Å². The highest BCUT2D eigenvalue weighted by Gasteiger charge is 2.52. The fourth-order valence-corrected chi connectivity index (χ4v) is 3.96. The second kappa shape index (κ2) is 7.93. The highest BCUT2D eigenvalue weighted by atomic mass is 19.3. The summed E-state index contributed by atoms with van der Waals surface area (Å²) in [6.07, 6.45) is -1.75. The van der Waals surface area contributed by atoms with E-state index in [0.29, 0.717) is 35.5 Å². The lowest BCUT2D eigenvalue weighted by molar-refractivity contribution is -0.286. The molecule has 33 heavy (non-hydrogen) atoms. The molecule has 0 spiro atoms. The van der Waals surface area contributed by atoms with Gasteiger partial charge in [-0.25, -0.2) is 4.98 Å². The van der Waals surface area contributed by atoms with Crippen molar-refractivity contribution in [3.63, 3.8) is 0 Å². The fraction of sp³-hybridized carbons (Fsp3) is 0.208. The van der Waals surface area contributed by atoms with Crippen molar-refractivity contribution in [1.29, 1.82) is 0 Å². The molecule has 2 heterocycles. The van der Waals surface area contributed by atoms with Gasteiger partial charge in [-0.2, -0.15) is 0 Å². The molecule has 1 aliphatic carbocycles. The lowest BCUT2D eigenvalue weighted by atomic mass is 9.94. The van der Waals surface area contributed by atoms with Gasteiger partial charge < -0.3 is 20.3 Å². The van der Waals surface area contributed by atoms with Crippen molar-refractivity contribution < 1.29 is 33.3 Å². The van der Waals surface area contributed by atoms with Gasteiger partial charge in [-0.05, 0) is 61.2 Å². The zero-order valence-electron chi connectivity index (χ0n) is 17.5. The van der Waals surface area contributed by atoms with Crippen molar-refractivity contribution in [3.05, 3.63) is 71.3 Å². The lowest BCUT2D eigenvalue weighted by Gasteiger charge is -2.16. The first-order valence-corrected chi connectivity index (χ1v) is 10.0. The number of anilines is 1. The van der Waals surface area contributed by atoms with Gasteiger partial charge in [-0.1, -0.05) is 24.3 Å². The topological polar surface area (TPSA) is 109 Å². The molecule has 5 rings (SSSR count). The lowest BCUT2D eigenvalue weighted by Crippen LogP contribution is -2.28. The number of hydrogen-bond donors (Lipinski definition) is 1. The zero-order valence-corrected chi connectivity index (χ0v) is 17.5. The fourth-order valence-electron chi connectivity index (χ4n) is 3.96. The number of amides is 1. The van der Waals surface area contributed by atoms with Crippen LogP contribution in [-0.4, -0.2) is 28.9 Å². The summed E-state index contributed by atoms with van der Waals surface area (Å²) in [7, 11) is 0. The molecule has 0 unspecified atom stereocenters. The van der Waals surface area contributed by atoms with E-state index in [0.717, 1.165) is 17.4 Å². The Morgan fingerprint density at radius 3 is 2.52 bits per heavy atom. The average Bonchev–Trinajstić information content (AvgIpc) is 3.51. The Morgan fingerprint density at radius 1 is 1.06 bits per heavy atom. The minimum absolute atomic E-state index is 0. The Labute approximate surface area is 187 Å². The number of rotatable bonds is 5. The van der Waals surface area contributed by atoms with E-state index < -0.39 is 11.7 Å². The van der Waals surface area contributed by atoms with Gasteiger partial charge in [-0.3, -0.25) is 9.59 Å². The summed E-state index contributed by atoms with van der Waals surface area (Å²) in [5.74, 6) is -0.0213. The van der Waals surface area contributed by atoms with Crippen LogP contribution in [0.1, 0.15) is 34.3 Å². The second-order valence-electron chi connectivity index (χ2n) is 7.97. The number of carbonyl (C=O) groups is 2. The zero-order chi connectivity index (χ0) is 22.5. The van der Waals surface area contributed by atoms with E-state index in [1.54, 1.807) is 30.3 Å². The highest BCUT2D eigenvalue weighted by molar-refractivity contribution is 6.01. The summed E-state index contributed by atoms with van der Waals surface area (Å²) >= 11 is 0. The van der Waals surface area contributed by atoms with Gasteiger partial charge in [0.05, 0.1) is 11.1 Å². The molecule has 0 saturated heterocycles. The van der Waals surface area contributed by atoms with Crippen molar-refractivity contribution in [2.24, 2.45) is 0 Å². The van der Waals surface area contributed by atoms with Crippen LogP contribution in [0.25, 0.3) is 11.3 Å². The van der Waals surface area contributed by atoms with Crippen LogP contribution in [0, 0.1) is 6.92 Å². The minimum atomic E-state index is -3.70. The van der Waals surface area contributed by atoms with E-state index in [1.807, 2.05) is 19.1 Å². The molecular formula is C24H20F2N2O5. The van der Waals surface area contributed by atoms with Gasteiger partial charge in [0.25, 0.3) is 0 Å². The van der Waals surface area contributed by atoms with E-state index in [2.05, 4.69) is 19.8 Å². The standard InChI is InChI=1S/C24H18F2N2O4.H2O/c1-14-11-15(13-29)5-7-17(14)18-3-2-4-21(27-18)28-22(30)23(9-10-23)16-6-8-19-20(12-16)32-24(25,26)31-19;/h2-8,11-13H,9-10H2,1H3,(H,27,28,30);1H2. The van der Waals surface area contributed by atoms with Crippen LogP contribution in [0.4, 0.5) is 14.6 Å². The van der Waals surface area contributed by atoms with E-state index in [-0.39, 0.29) is 22.9 Å².